The monoisotopic (exact) mass is 216 g/mol. The summed E-state index contributed by atoms with van der Waals surface area (Å²) in [6.07, 6.45) is 0.426. The molecule has 0 fully saturated rings. The first-order valence-corrected chi connectivity index (χ1v) is 4.44. The number of nitrogens with zero attached hydrogens (tertiary/aromatic N) is 1. The quantitative estimate of drug-likeness (QED) is 0.842. The molecule has 0 unspecified atom stereocenters. The number of aromatic nitrogens is 1. The highest BCUT2D eigenvalue weighted by Gasteiger charge is 2.32. The number of hydrogen-bond donors (Lipinski definition) is 1. The van der Waals surface area contributed by atoms with Gasteiger partial charge in [-0.25, -0.2) is 0 Å². The van der Waals surface area contributed by atoms with E-state index in [-0.39, 0.29) is 5.69 Å². The molecule has 5 heteroatoms. The number of hydrogen-bond acceptors (Lipinski definition) is 2. The standard InChI is InChI=1S/C10H11F3N2/c11-10(12,13)8-4-3-7-15-9(8)5-1-2-6-14/h1,3-5,7H,2,6,14H2. The van der Waals surface area contributed by atoms with E-state index in [1.165, 1.54) is 18.3 Å². The van der Waals surface area contributed by atoms with Gasteiger partial charge in [0.1, 0.15) is 0 Å². The summed E-state index contributed by atoms with van der Waals surface area (Å²) < 4.78 is 37.4. The number of halogens is 3. The zero-order chi connectivity index (χ0) is 11.3. The second kappa shape index (κ2) is 4.93. The maximum Gasteiger partial charge on any atom is 0.418 e. The molecule has 0 aliphatic heterocycles. The van der Waals surface area contributed by atoms with Crippen molar-refractivity contribution in [2.45, 2.75) is 12.6 Å². The number of pyridine rings is 1. The van der Waals surface area contributed by atoms with Crippen LogP contribution in [0.4, 0.5) is 13.2 Å². The minimum absolute atomic E-state index is 0.0709. The Balaban J connectivity index is 2.97. The van der Waals surface area contributed by atoms with E-state index in [0.29, 0.717) is 13.0 Å². The molecular formula is C10H11F3N2. The van der Waals surface area contributed by atoms with E-state index in [4.69, 9.17) is 5.73 Å². The molecule has 82 valence electrons. The van der Waals surface area contributed by atoms with E-state index in [1.54, 1.807) is 6.08 Å². The second-order valence-corrected chi connectivity index (χ2v) is 2.91. The van der Waals surface area contributed by atoms with E-state index >= 15 is 0 Å². The molecule has 0 spiro atoms. The maximum atomic E-state index is 12.5. The first kappa shape index (κ1) is 11.7. The molecule has 1 aromatic heterocycles. The van der Waals surface area contributed by atoms with Gasteiger partial charge in [-0.1, -0.05) is 6.08 Å². The minimum atomic E-state index is -4.36. The van der Waals surface area contributed by atoms with Crippen LogP contribution in [-0.2, 0) is 6.18 Å². The van der Waals surface area contributed by atoms with Crippen LogP contribution in [0, 0.1) is 0 Å². The van der Waals surface area contributed by atoms with Crippen LogP contribution >= 0.6 is 0 Å². The van der Waals surface area contributed by atoms with Crippen molar-refractivity contribution in [3.8, 4) is 0 Å². The summed E-state index contributed by atoms with van der Waals surface area (Å²) in [6, 6.07) is 2.28. The fourth-order valence-electron chi connectivity index (χ4n) is 1.08. The molecule has 0 aliphatic rings. The van der Waals surface area contributed by atoms with E-state index < -0.39 is 11.7 Å². The van der Waals surface area contributed by atoms with Crippen LogP contribution in [0.5, 0.6) is 0 Å². The van der Waals surface area contributed by atoms with Crippen molar-refractivity contribution in [1.29, 1.82) is 0 Å². The van der Waals surface area contributed by atoms with Gasteiger partial charge in [-0.05, 0) is 31.2 Å². The average Bonchev–Trinajstić information content (AvgIpc) is 2.17. The van der Waals surface area contributed by atoms with Crippen LogP contribution in [0.25, 0.3) is 6.08 Å². The predicted octanol–water partition coefficient (Wildman–Crippen LogP) is 2.46. The summed E-state index contributed by atoms with van der Waals surface area (Å²) in [5.74, 6) is 0. The maximum absolute atomic E-state index is 12.5. The van der Waals surface area contributed by atoms with Gasteiger partial charge < -0.3 is 5.73 Å². The zero-order valence-electron chi connectivity index (χ0n) is 7.96. The molecule has 0 radical (unpaired) electrons. The Morgan fingerprint density at radius 1 is 1.40 bits per heavy atom. The Labute approximate surface area is 85.6 Å². The Bertz CT molecular complexity index is 345. The first-order valence-electron chi connectivity index (χ1n) is 4.44. The molecule has 1 aromatic rings. The fourth-order valence-corrected chi connectivity index (χ4v) is 1.08. The highest BCUT2D eigenvalue weighted by molar-refractivity contribution is 5.49. The third-order valence-corrected chi connectivity index (χ3v) is 1.75. The van der Waals surface area contributed by atoms with Crippen molar-refractivity contribution in [2.75, 3.05) is 6.54 Å². The molecule has 15 heavy (non-hydrogen) atoms. The lowest BCUT2D eigenvalue weighted by molar-refractivity contribution is -0.138. The summed E-state index contributed by atoms with van der Waals surface area (Å²) in [6.45, 7) is 0.407. The molecule has 0 amide bonds. The number of rotatable bonds is 3. The summed E-state index contributed by atoms with van der Waals surface area (Å²) in [5, 5.41) is 0. The topological polar surface area (TPSA) is 38.9 Å². The summed E-state index contributed by atoms with van der Waals surface area (Å²) >= 11 is 0. The number of alkyl halides is 3. The Kier molecular flexibility index (Phi) is 3.85. The highest BCUT2D eigenvalue weighted by Crippen LogP contribution is 2.31. The van der Waals surface area contributed by atoms with Crippen molar-refractivity contribution in [3.05, 3.63) is 35.7 Å². The van der Waals surface area contributed by atoms with E-state index in [1.807, 2.05) is 0 Å². The Morgan fingerprint density at radius 2 is 2.13 bits per heavy atom. The van der Waals surface area contributed by atoms with E-state index in [2.05, 4.69) is 4.98 Å². The number of nitrogens with two attached hydrogens (primary N) is 1. The Morgan fingerprint density at radius 3 is 2.73 bits per heavy atom. The van der Waals surface area contributed by atoms with Crippen LogP contribution in [0.2, 0.25) is 0 Å². The Hall–Kier alpha value is -1.36. The zero-order valence-corrected chi connectivity index (χ0v) is 7.96. The molecule has 2 nitrogen and oxygen atoms in total. The largest absolute Gasteiger partial charge is 0.418 e. The lowest BCUT2D eigenvalue weighted by Crippen LogP contribution is -2.08. The second-order valence-electron chi connectivity index (χ2n) is 2.91. The van der Waals surface area contributed by atoms with Gasteiger partial charge in [0, 0.05) is 6.20 Å². The van der Waals surface area contributed by atoms with Gasteiger partial charge in [0.05, 0.1) is 11.3 Å². The predicted molar refractivity (Wildman–Crippen MR) is 51.9 cm³/mol. The van der Waals surface area contributed by atoms with Crippen LogP contribution in [0.3, 0.4) is 0 Å². The SMILES string of the molecule is NCCC=Cc1ncccc1C(F)(F)F. The van der Waals surface area contributed by atoms with Gasteiger partial charge in [0.25, 0.3) is 0 Å². The van der Waals surface area contributed by atoms with Gasteiger partial charge in [-0.15, -0.1) is 0 Å². The molecule has 0 aromatic carbocycles. The summed E-state index contributed by atoms with van der Waals surface area (Å²) in [5.41, 5.74) is 4.43. The summed E-state index contributed by atoms with van der Waals surface area (Å²) in [4.78, 5) is 3.67. The molecule has 2 N–H and O–H groups in total. The van der Waals surface area contributed by atoms with Crippen molar-refractivity contribution < 1.29 is 13.2 Å². The molecule has 0 saturated carbocycles. The fraction of sp³-hybridized carbons (Fsp3) is 0.300. The van der Waals surface area contributed by atoms with Crippen molar-refractivity contribution in [1.82, 2.24) is 4.98 Å². The molecule has 1 heterocycles. The van der Waals surface area contributed by atoms with Gasteiger partial charge >= 0.3 is 6.18 Å². The molecule has 1 rings (SSSR count). The van der Waals surface area contributed by atoms with Gasteiger partial charge in [0.15, 0.2) is 0 Å². The normalized spacial score (nSPS) is 12.3. The molecular weight excluding hydrogens is 205 g/mol. The third-order valence-electron chi connectivity index (χ3n) is 1.75. The van der Waals surface area contributed by atoms with Crippen LogP contribution in [-0.4, -0.2) is 11.5 Å². The van der Waals surface area contributed by atoms with Gasteiger partial charge in [-0.3, -0.25) is 4.98 Å². The third kappa shape index (κ3) is 3.36. The van der Waals surface area contributed by atoms with Crippen LogP contribution in [0.15, 0.2) is 24.4 Å². The molecule has 0 atom stereocenters. The van der Waals surface area contributed by atoms with Crippen molar-refractivity contribution in [2.24, 2.45) is 5.73 Å². The highest BCUT2D eigenvalue weighted by atomic mass is 19.4. The smallest absolute Gasteiger partial charge is 0.330 e. The van der Waals surface area contributed by atoms with Crippen molar-refractivity contribution in [3.63, 3.8) is 0 Å². The molecule has 0 bridgehead atoms. The van der Waals surface area contributed by atoms with E-state index in [0.717, 1.165) is 6.07 Å². The first-order chi connectivity index (χ1) is 7.05. The lowest BCUT2D eigenvalue weighted by Gasteiger charge is -2.08. The average molecular weight is 216 g/mol. The van der Waals surface area contributed by atoms with Crippen LogP contribution < -0.4 is 5.73 Å². The molecule has 0 aliphatic carbocycles. The van der Waals surface area contributed by atoms with Gasteiger partial charge in [-0.2, -0.15) is 13.2 Å². The van der Waals surface area contributed by atoms with Crippen molar-refractivity contribution >= 4 is 6.08 Å². The lowest BCUT2D eigenvalue weighted by atomic mass is 10.1. The van der Waals surface area contributed by atoms with Crippen LogP contribution in [0.1, 0.15) is 17.7 Å². The summed E-state index contributed by atoms with van der Waals surface area (Å²) in [7, 11) is 0. The van der Waals surface area contributed by atoms with Gasteiger partial charge in [0.2, 0.25) is 0 Å². The molecule has 0 saturated heterocycles. The van der Waals surface area contributed by atoms with E-state index in [9.17, 15) is 13.2 Å². The minimum Gasteiger partial charge on any atom is -0.330 e.